The third-order valence-corrected chi connectivity index (χ3v) is 6.83. The average molecular weight is 412 g/mol. The highest BCUT2D eigenvalue weighted by Crippen LogP contribution is 2.47. The molecule has 0 fully saturated rings. The highest BCUT2D eigenvalue weighted by Gasteiger charge is 2.45. The van der Waals surface area contributed by atoms with Gasteiger partial charge in [-0.1, -0.05) is 23.7 Å². The zero-order chi connectivity index (χ0) is 19.8. The molecule has 0 saturated carbocycles. The Hall–Kier alpha value is -1.83. The number of benzene rings is 2. The van der Waals surface area contributed by atoms with Crippen molar-refractivity contribution in [2.24, 2.45) is 0 Å². The second kappa shape index (κ2) is 7.66. The van der Waals surface area contributed by atoms with Gasteiger partial charge in [-0.25, -0.2) is 13.0 Å². The molecule has 0 radical (unpaired) electrons. The first kappa shape index (κ1) is 19.9. The van der Waals surface area contributed by atoms with E-state index in [4.69, 9.17) is 11.6 Å². The molecule has 0 aromatic heterocycles. The molecule has 1 N–H and O–H groups in total. The van der Waals surface area contributed by atoms with Crippen LogP contribution in [-0.4, -0.2) is 28.1 Å². The van der Waals surface area contributed by atoms with Gasteiger partial charge in [0, 0.05) is 11.1 Å². The summed E-state index contributed by atoms with van der Waals surface area (Å²) in [7, 11) is -2.02. The highest BCUT2D eigenvalue weighted by atomic mass is 35.5. The molecule has 0 amide bonds. The molecule has 0 unspecified atom stereocenters. The topological polar surface area (TPSA) is 52.6 Å². The van der Waals surface area contributed by atoms with E-state index in [0.29, 0.717) is 29.9 Å². The Morgan fingerprint density at radius 3 is 2.30 bits per heavy atom. The summed E-state index contributed by atoms with van der Waals surface area (Å²) in [5, 5.41) is 3.28. The quantitative estimate of drug-likeness (QED) is 0.778. The van der Waals surface area contributed by atoms with Crippen LogP contribution in [0.15, 0.2) is 42.5 Å². The number of fused-ring (bicyclic) bond motifs is 1. The monoisotopic (exact) mass is 411 g/mol. The molecule has 8 heteroatoms. The lowest BCUT2D eigenvalue weighted by Crippen LogP contribution is -2.43. The summed E-state index contributed by atoms with van der Waals surface area (Å²) in [4.78, 5) is 0. The maximum Gasteiger partial charge on any atom is 0.327 e. The van der Waals surface area contributed by atoms with Crippen LogP contribution in [0.1, 0.15) is 31.9 Å². The van der Waals surface area contributed by atoms with E-state index in [-0.39, 0.29) is 11.1 Å². The first-order chi connectivity index (χ1) is 12.8. The summed E-state index contributed by atoms with van der Waals surface area (Å²) in [6.45, 7) is 4.23. The number of nitrogens with zero attached hydrogens (tertiary/aromatic N) is 2. The Kier molecular flexibility index (Phi) is 5.65. The van der Waals surface area contributed by atoms with Gasteiger partial charge in [-0.15, -0.1) is 0 Å². The van der Waals surface area contributed by atoms with Gasteiger partial charge in [0.25, 0.3) is 0 Å². The molecule has 2 aromatic rings. The van der Waals surface area contributed by atoms with Crippen LogP contribution >= 0.6 is 11.6 Å². The third kappa shape index (κ3) is 3.63. The van der Waals surface area contributed by atoms with Gasteiger partial charge in [0.15, 0.2) is 0 Å². The van der Waals surface area contributed by atoms with Crippen LogP contribution in [-0.2, 0) is 10.2 Å². The molecule has 146 valence electrons. The van der Waals surface area contributed by atoms with E-state index in [2.05, 4.69) is 5.32 Å². The van der Waals surface area contributed by atoms with Crippen LogP contribution in [0.3, 0.4) is 0 Å². The second-order valence-electron chi connectivity index (χ2n) is 6.79. The zero-order valence-corrected chi connectivity index (χ0v) is 17.1. The molecule has 5 nitrogen and oxygen atoms in total. The second-order valence-corrected chi connectivity index (χ2v) is 8.91. The molecular formula is C19H23ClFN3O2S. The Morgan fingerprint density at radius 1 is 1.11 bits per heavy atom. The molecule has 2 aromatic carbocycles. The fourth-order valence-corrected chi connectivity index (χ4v) is 5.83. The van der Waals surface area contributed by atoms with Crippen LogP contribution in [0.4, 0.5) is 15.8 Å². The molecule has 0 bridgehead atoms. The average Bonchev–Trinajstić information content (AvgIpc) is 2.81. The summed E-state index contributed by atoms with van der Waals surface area (Å²) in [5.41, 5.74) is 1.75. The van der Waals surface area contributed by atoms with Crippen LogP contribution < -0.4 is 13.9 Å². The van der Waals surface area contributed by atoms with Crippen molar-refractivity contribution in [3.63, 3.8) is 0 Å². The lowest BCUT2D eigenvalue weighted by molar-refractivity contribution is 0.555. The van der Waals surface area contributed by atoms with Gasteiger partial charge in [0.05, 0.1) is 17.4 Å². The molecule has 0 aliphatic carbocycles. The van der Waals surface area contributed by atoms with Gasteiger partial charge in [0.1, 0.15) is 5.82 Å². The van der Waals surface area contributed by atoms with Crippen LogP contribution in [0.5, 0.6) is 0 Å². The van der Waals surface area contributed by atoms with Crippen molar-refractivity contribution in [2.45, 2.75) is 32.4 Å². The van der Waals surface area contributed by atoms with Crippen molar-refractivity contribution in [3.8, 4) is 0 Å². The molecule has 1 heterocycles. The number of para-hydroxylation sites is 2. The minimum absolute atomic E-state index is 0.241. The summed E-state index contributed by atoms with van der Waals surface area (Å²) in [5.74, 6) is -0.488. The van der Waals surface area contributed by atoms with Crippen molar-refractivity contribution >= 4 is 33.2 Å². The molecule has 1 aliphatic heterocycles. The van der Waals surface area contributed by atoms with Gasteiger partial charge in [-0.3, -0.25) is 0 Å². The maximum atomic E-state index is 14.0. The van der Waals surface area contributed by atoms with E-state index in [1.807, 2.05) is 19.9 Å². The Labute approximate surface area is 164 Å². The van der Waals surface area contributed by atoms with E-state index in [9.17, 15) is 12.8 Å². The first-order valence-electron chi connectivity index (χ1n) is 8.80. The lowest BCUT2D eigenvalue weighted by atomic mass is 10.0. The van der Waals surface area contributed by atoms with E-state index in [1.54, 1.807) is 31.3 Å². The van der Waals surface area contributed by atoms with Crippen molar-refractivity contribution in [2.75, 3.05) is 22.2 Å². The summed E-state index contributed by atoms with van der Waals surface area (Å²) < 4.78 is 43.7. The standard InChI is InChI=1S/C19H23ClFN3O2S/c1-13(2)23-18-6-4-5-7-19(18)24(27(23,25)26)17(8-9-22-3)14-10-15(20)12-16(21)11-14/h4-7,10-13,17,22H,8-9H2,1-3H3/t17-/m1/s1. The molecular weight excluding hydrogens is 389 g/mol. The number of hydrogen-bond donors (Lipinski definition) is 1. The number of anilines is 2. The number of rotatable bonds is 6. The van der Waals surface area contributed by atoms with Gasteiger partial charge < -0.3 is 5.32 Å². The summed E-state index contributed by atoms with van der Waals surface area (Å²) in [6, 6.07) is 10.6. The Balaban J connectivity index is 2.19. The third-order valence-electron chi connectivity index (χ3n) is 4.54. The Bertz CT molecular complexity index is 916. The van der Waals surface area contributed by atoms with Crippen molar-refractivity contribution < 1.29 is 12.8 Å². The van der Waals surface area contributed by atoms with E-state index in [1.165, 1.54) is 20.7 Å². The summed E-state index contributed by atoms with van der Waals surface area (Å²) >= 11 is 6.05. The lowest BCUT2D eigenvalue weighted by Gasteiger charge is -2.31. The zero-order valence-electron chi connectivity index (χ0n) is 15.5. The highest BCUT2D eigenvalue weighted by molar-refractivity contribution is 7.94. The summed E-state index contributed by atoms with van der Waals surface area (Å²) in [6.07, 6.45) is 0.468. The molecule has 0 spiro atoms. The number of hydrogen-bond acceptors (Lipinski definition) is 3. The van der Waals surface area contributed by atoms with Crippen LogP contribution in [0.25, 0.3) is 0 Å². The van der Waals surface area contributed by atoms with Crippen molar-refractivity contribution in [3.05, 3.63) is 58.9 Å². The van der Waals surface area contributed by atoms with E-state index < -0.39 is 22.1 Å². The SMILES string of the molecule is CNCC[C@H](c1cc(F)cc(Cl)c1)N1c2ccccc2N(C(C)C)S1(=O)=O. The minimum atomic E-state index is -3.82. The van der Waals surface area contributed by atoms with E-state index in [0.717, 1.165) is 0 Å². The Morgan fingerprint density at radius 2 is 1.74 bits per heavy atom. The first-order valence-corrected chi connectivity index (χ1v) is 10.6. The van der Waals surface area contributed by atoms with E-state index >= 15 is 0 Å². The fourth-order valence-electron chi connectivity index (χ4n) is 3.52. The van der Waals surface area contributed by atoms with Crippen LogP contribution in [0, 0.1) is 5.82 Å². The molecule has 27 heavy (non-hydrogen) atoms. The fraction of sp³-hybridized carbons (Fsp3) is 0.368. The van der Waals surface area contributed by atoms with Crippen molar-refractivity contribution in [1.82, 2.24) is 5.32 Å². The van der Waals surface area contributed by atoms with Gasteiger partial charge in [-0.2, -0.15) is 8.42 Å². The van der Waals surface area contributed by atoms with Crippen molar-refractivity contribution in [1.29, 1.82) is 0 Å². The number of nitrogens with one attached hydrogen (secondary N) is 1. The maximum absolute atomic E-state index is 14.0. The minimum Gasteiger partial charge on any atom is -0.320 e. The molecule has 1 aliphatic rings. The van der Waals surface area contributed by atoms with Gasteiger partial charge in [0.2, 0.25) is 0 Å². The molecule has 1 atom stereocenters. The van der Waals surface area contributed by atoms with Gasteiger partial charge in [-0.05, 0) is 69.8 Å². The molecule has 3 rings (SSSR count). The number of halogens is 2. The predicted molar refractivity (Wildman–Crippen MR) is 108 cm³/mol. The van der Waals surface area contributed by atoms with Crippen LogP contribution in [0.2, 0.25) is 5.02 Å². The largest absolute Gasteiger partial charge is 0.327 e. The van der Waals surface area contributed by atoms with Gasteiger partial charge >= 0.3 is 10.2 Å². The predicted octanol–water partition coefficient (Wildman–Crippen LogP) is 4.11. The molecule has 0 saturated heterocycles. The smallest absolute Gasteiger partial charge is 0.320 e. The normalized spacial score (nSPS) is 16.7.